The van der Waals surface area contributed by atoms with Crippen LogP contribution in [0.15, 0.2) is 52.3 Å². The summed E-state index contributed by atoms with van der Waals surface area (Å²) in [5, 5.41) is 10.4. The summed E-state index contributed by atoms with van der Waals surface area (Å²) in [5.74, 6) is -4.29. The van der Waals surface area contributed by atoms with E-state index in [4.69, 9.17) is 16.7 Å². The zero-order chi connectivity index (χ0) is 21.7. The van der Waals surface area contributed by atoms with E-state index in [-0.39, 0.29) is 11.0 Å². The summed E-state index contributed by atoms with van der Waals surface area (Å²) in [6.07, 6.45) is -4.73. The van der Waals surface area contributed by atoms with Gasteiger partial charge >= 0.3 is 6.18 Å². The molecule has 0 aromatic heterocycles. The summed E-state index contributed by atoms with van der Waals surface area (Å²) in [6.45, 7) is 1.22. The van der Waals surface area contributed by atoms with Crippen molar-refractivity contribution in [3.63, 3.8) is 0 Å². The lowest BCUT2D eigenvalue weighted by molar-refractivity contribution is -0.123. The number of carbonyl (C=O) groups excluding carboxylic acids is 1. The second-order valence-corrected chi connectivity index (χ2v) is 7.70. The van der Waals surface area contributed by atoms with Crippen molar-refractivity contribution in [1.82, 2.24) is 5.32 Å². The molecule has 7 nitrogen and oxygen atoms in total. The van der Waals surface area contributed by atoms with E-state index >= 15 is 0 Å². The van der Waals surface area contributed by atoms with E-state index in [2.05, 4.69) is 0 Å². The Balaban J connectivity index is 2.94. The summed E-state index contributed by atoms with van der Waals surface area (Å²) < 4.78 is 75.9. The molecule has 0 saturated carbocycles. The number of nitrogens with two attached hydrogens (primary N) is 2. The molecule has 0 fully saturated rings. The third-order valence-corrected chi connectivity index (χ3v) is 5.30. The lowest BCUT2D eigenvalue weighted by atomic mass is 10.2. The molecule has 1 amide bonds. The SMILES string of the molecule is CC(CS(=O)(=O)c1ccc(F)cc1)C(=O)N/C(N)=C/C(=C(\N)C#N)C(F)(F)F. The monoisotopic (exact) mass is 420 g/mol. The summed E-state index contributed by atoms with van der Waals surface area (Å²) in [7, 11) is -3.96. The van der Waals surface area contributed by atoms with Crippen molar-refractivity contribution in [3.8, 4) is 6.07 Å². The van der Waals surface area contributed by atoms with E-state index in [0.29, 0.717) is 0 Å². The lowest BCUT2D eigenvalue weighted by Gasteiger charge is -2.14. The fourth-order valence-electron chi connectivity index (χ4n) is 1.97. The first-order chi connectivity index (χ1) is 12.8. The highest BCUT2D eigenvalue weighted by molar-refractivity contribution is 7.91. The number of nitrogens with one attached hydrogen (secondary N) is 1. The van der Waals surface area contributed by atoms with E-state index in [1.54, 1.807) is 0 Å². The molecular weight excluding hydrogens is 404 g/mol. The smallest absolute Gasteiger partial charge is 0.390 e. The number of alkyl halides is 3. The molecule has 152 valence electrons. The van der Waals surface area contributed by atoms with Crippen molar-refractivity contribution < 1.29 is 30.8 Å². The van der Waals surface area contributed by atoms with Gasteiger partial charge in [0.2, 0.25) is 5.91 Å². The zero-order valence-corrected chi connectivity index (χ0v) is 15.2. The number of benzene rings is 1. The maximum absolute atomic E-state index is 12.9. The van der Waals surface area contributed by atoms with Gasteiger partial charge in [0, 0.05) is 5.92 Å². The topological polar surface area (TPSA) is 139 Å². The predicted molar refractivity (Wildman–Crippen MR) is 90.9 cm³/mol. The Labute approximate surface area is 158 Å². The normalized spacial score (nSPS) is 14.6. The first kappa shape index (κ1) is 23.0. The minimum Gasteiger partial charge on any atom is -0.390 e. The van der Waals surface area contributed by atoms with Gasteiger partial charge in [0.05, 0.1) is 16.2 Å². The number of nitrogens with zero attached hydrogens (tertiary/aromatic N) is 1. The Morgan fingerprint density at radius 2 is 1.82 bits per heavy atom. The van der Waals surface area contributed by atoms with Gasteiger partial charge in [-0.25, -0.2) is 12.8 Å². The molecule has 0 bridgehead atoms. The molecule has 1 rings (SSSR count). The number of rotatable bonds is 6. The van der Waals surface area contributed by atoms with Gasteiger partial charge in [0.15, 0.2) is 9.84 Å². The van der Waals surface area contributed by atoms with Gasteiger partial charge in [-0.15, -0.1) is 0 Å². The molecule has 1 atom stereocenters. The molecule has 1 unspecified atom stereocenters. The number of halogens is 4. The van der Waals surface area contributed by atoms with Gasteiger partial charge in [-0.3, -0.25) is 4.79 Å². The van der Waals surface area contributed by atoms with E-state index in [1.807, 2.05) is 5.32 Å². The van der Waals surface area contributed by atoms with Crippen molar-refractivity contribution >= 4 is 15.7 Å². The van der Waals surface area contributed by atoms with Crippen LogP contribution in [0.2, 0.25) is 0 Å². The molecule has 12 heteroatoms. The van der Waals surface area contributed by atoms with E-state index in [1.165, 1.54) is 6.92 Å². The average Bonchev–Trinajstić information content (AvgIpc) is 2.58. The highest BCUT2D eigenvalue weighted by atomic mass is 32.2. The number of amides is 1. The van der Waals surface area contributed by atoms with Crippen molar-refractivity contribution in [3.05, 3.63) is 53.2 Å². The van der Waals surface area contributed by atoms with Gasteiger partial charge in [-0.05, 0) is 30.3 Å². The minimum atomic E-state index is -4.99. The molecule has 28 heavy (non-hydrogen) atoms. The molecule has 0 aliphatic rings. The quantitative estimate of drug-likeness (QED) is 0.276. The number of hydrogen-bond acceptors (Lipinski definition) is 6. The average molecular weight is 420 g/mol. The number of carbonyl (C=O) groups is 1. The van der Waals surface area contributed by atoms with Crippen LogP contribution in [0.1, 0.15) is 6.92 Å². The van der Waals surface area contributed by atoms with E-state index in [9.17, 15) is 30.8 Å². The second-order valence-electron chi connectivity index (χ2n) is 5.66. The third-order valence-electron chi connectivity index (χ3n) is 3.37. The van der Waals surface area contributed by atoms with Gasteiger partial charge in [0.25, 0.3) is 0 Å². The zero-order valence-electron chi connectivity index (χ0n) is 14.4. The van der Waals surface area contributed by atoms with Crippen molar-refractivity contribution in [2.75, 3.05) is 5.75 Å². The number of allylic oxidation sites excluding steroid dienone is 3. The Bertz CT molecular complexity index is 946. The van der Waals surface area contributed by atoms with Crippen LogP contribution in [0.5, 0.6) is 0 Å². The van der Waals surface area contributed by atoms with Crippen LogP contribution in [-0.4, -0.2) is 26.3 Å². The largest absolute Gasteiger partial charge is 0.419 e. The van der Waals surface area contributed by atoms with E-state index in [0.717, 1.165) is 30.3 Å². The number of nitriles is 1. The van der Waals surface area contributed by atoms with Crippen LogP contribution < -0.4 is 16.8 Å². The van der Waals surface area contributed by atoms with Crippen LogP contribution in [0, 0.1) is 23.1 Å². The maximum Gasteiger partial charge on any atom is 0.419 e. The number of hydrogen-bond donors (Lipinski definition) is 3. The molecule has 5 N–H and O–H groups in total. The van der Waals surface area contributed by atoms with Crippen LogP contribution in [0.4, 0.5) is 17.6 Å². The van der Waals surface area contributed by atoms with Gasteiger partial charge in [-0.2, -0.15) is 18.4 Å². The predicted octanol–water partition coefficient (Wildman–Crippen LogP) is 1.45. The van der Waals surface area contributed by atoms with Crippen LogP contribution in [0.3, 0.4) is 0 Å². The van der Waals surface area contributed by atoms with Crippen LogP contribution in [0.25, 0.3) is 0 Å². The van der Waals surface area contributed by atoms with Gasteiger partial charge < -0.3 is 16.8 Å². The molecule has 0 radical (unpaired) electrons. The Hall–Kier alpha value is -3.07. The summed E-state index contributed by atoms with van der Waals surface area (Å²) in [4.78, 5) is 11.8. The first-order valence-corrected chi connectivity index (χ1v) is 9.16. The molecule has 0 aliphatic heterocycles. The molecule has 0 aliphatic carbocycles. The summed E-state index contributed by atoms with van der Waals surface area (Å²) in [5.41, 5.74) is 7.60. The Morgan fingerprint density at radius 3 is 2.29 bits per heavy atom. The molecule has 1 aromatic rings. The first-order valence-electron chi connectivity index (χ1n) is 7.51. The standard InChI is InChI=1S/C16H16F4N4O3S/c1-9(8-28(26,27)11-4-2-10(17)3-5-11)15(25)24-14(23)6-12(13(22)7-21)16(18,19)20/h2-6,9H,8,22-23H2,1H3,(H,24,25)/b13-12+,14-6+. The fraction of sp³-hybridized carbons (Fsp3) is 0.250. The van der Waals surface area contributed by atoms with Crippen molar-refractivity contribution in [2.45, 2.75) is 18.0 Å². The Kier molecular flexibility index (Phi) is 7.17. The molecule has 0 saturated heterocycles. The van der Waals surface area contributed by atoms with Gasteiger partial charge in [-0.1, -0.05) is 6.92 Å². The van der Waals surface area contributed by atoms with Crippen molar-refractivity contribution in [2.24, 2.45) is 17.4 Å². The van der Waals surface area contributed by atoms with Crippen molar-refractivity contribution in [1.29, 1.82) is 5.26 Å². The number of sulfone groups is 1. The molecular formula is C16H16F4N4O3S. The Morgan fingerprint density at radius 1 is 1.29 bits per heavy atom. The highest BCUT2D eigenvalue weighted by Gasteiger charge is 2.35. The van der Waals surface area contributed by atoms with Crippen LogP contribution in [-0.2, 0) is 14.6 Å². The summed E-state index contributed by atoms with van der Waals surface area (Å²) >= 11 is 0. The fourth-order valence-corrected chi connectivity index (χ4v) is 3.53. The maximum atomic E-state index is 12.9. The minimum absolute atomic E-state index is 0.221. The highest BCUT2D eigenvalue weighted by Crippen LogP contribution is 2.28. The summed E-state index contributed by atoms with van der Waals surface area (Å²) in [6, 6.07) is 5.04. The third kappa shape index (κ3) is 6.27. The van der Waals surface area contributed by atoms with Crippen LogP contribution >= 0.6 is 0 Å². The molecule has 0 spiro atoms. The molecule has 1 aromatic carbocycles. The lowest BCUT2D eigenvalue weighted by Crippen LogP contribution is -2.35. The second kappa shape index (κ2) is 8.75. The van der Waals surface area contributed by atoms with E-state index < -0.39 is 56.5 Å². The molecule has 0 heterocycles. The van der Waals surface area contributed by atoms with Gasteiger partial charge in [0.1, 0.15) is 23.4 Å².